The lowest BCUT2D eigenvalue weighted by Gasteiger charge is -2.41. The van der Waals surface area contributed by atoms with Crippen molar-refractivity contribution >= 4 is 11.6 Å². The average molecular weight is 459 g/mol. The fraction of sp³-hybridized carbons (Fsp3) is 0.739. The number of pyridine rings is 1. The molecular formula is C23H33F3N2O4. The van der Waals surface area contributed by atoms with Crippen molar-refractivity contribution in [1.29, 1.82) is 0 Å². The molecule has 2 heterocycles. The summed E-state index contributed by atoms with van der Waals surface area (Å²) < 4.78 is 48.7. The van der Waals surface area contributed by atoms with Crippen molar-refractivity contribution in [1.82, 2.24) is 4.98 Å². The molecule has 2 aliphatic rings. The van der Waals surface area contributed by atoms with E-state index >= 15 is 0 Å². The fourth-order valence-electron chi connectivity index (χ4n) is 4.52. The Morgan fingerprint density at radius 2 is 1.81 bits per heavy atom. The van der Waals surface area contributed by atoms with Crippen LogP contribution in [0.4, 0.5) is 18.9 Å². The quantitative estimate of drug-likeness (QED) is 0.614. The molecule has 1 N–H and O–H groups in total. The summed E-state index contributed by atoms with van der Waals surface area (Å²) in [4.78, 5) is 18.8. The van der Waals surface area contributed by atoms with Gasteiger partial charge in [0.1, 0.15) is 0 Å². The Morgan fingerprint density at radius 1 is 1.16 bits per heavy atom. The van der Waals surface area contributed by atoms with E-state index in [9.17, 15) is 23.1 Å². The number of rotatable bonds is 8. The Balaban J connectivity index is 1.59. The molecule has 1 atom stereocenters. The van der Waals surface area contributed by atoms with Crippen LogP contribution in [0.15, 0.2) is 18.3 Å². The minimum Gasteiger partial charge on any atom is -0.465 e. The van der Waals surface area contributed by atoms with Gasteiger partial charge in [-0.2, -0.15) is 13.2 Å². The van der Waals surface area contributed by atoms with Crippen LogP contribution in [0.2, 0.25) is 0 Å². The molecule has 0 aromatic carbocycles. The summed E-state index contributed by atoms with van der Waals surface area (Å²) in [5.74, 6) is -0.153. The second-order valence-electron chi connectivity index (χ2n) is 9.12. The third-order valence-electron chi connectivity index (χ3n) is 6.94. The number of nitrogens with zero attached hydrogens (tertiary/aromatic N) is 2. The van der Waals surface area contributed by atoms with E-state index in [0.717, 1.165) is 19.8 Å². The number of carbonyl (C=O) groups excluding carboxylic acids is 1. The highest BCUT2D eigenvalue weighted by atomic mass is 19.4. The van der Waals surface area contributed by atoms with Gasteiger partial charge in [-0.25, -0.2) is 4.98 Å². The maximum absolute atomic E-state index is 13.3. The van der Waals surface area contributed by atoms with Gasteiger partial charge in [-0.3, -0.25) is 4.79 Å². The van der Waals surface area contributed by atoms with Crippen molar-refractivity contribution in [3.05, 3.63) is 18.3 Å². The Morgan fingerprint density at radius 3 is 2.34 bits per heavy atom. The summed E-state index contributed by atoms with van der Waals surface area (Å²) in [5, 5.41) is 10.9. The normalized spacial score (nSPS) is 27.4. The van der Waals surface area contributed by atoms with Gasteiger partial charge in [-0.05, 0) is 57.9 Å². The van der Waals surface area contributed by atoms with Crippen LogP contribution < -0.4 is 9.64 Å². The minimum atomic E-state index is -4.47. The van der Waals surface area contributed by atoms with E-state index in [0.29, 0.717) is 44.3 Å². The summed E-state index contributed by atoms with van der Waals surface area (Å²) in [5.41, 5.74) is -0.880. The van der Waals surface area contributed by atoms with Crippen molar-refractivity contribution in [2.45, 2.75) is 89.7 Å². The highest BCUT2D eigenvalue weighted by Crippen LogP contribution is 2.48. The highest BCUT2D eigenvalue weighted by Gasteiger charge is 2.51. The predicted molar refractivity (Wildman–Crippen MR) is 114 cm³/mol. The van der Waals surface area contributed by atoms with E-state index in [4.69, 9.17) is 9.47 Å². The molecule has 1 aliphatic heterocycles. The topological polar surface area (TPSA) is 71.9 Å². The minimum absolute atomic E-state index is 0.0143. The van der Waals surface area contributed by atoms with Crippen LogP contribution in [0.25, 0.3) is 0 Å². The van der Waals surface area contributed by atoms with Gasteiger partial charge in [0.05, 0.1) is 35.6 Å². The number of hydrogen-bond acceptors (Lipinski definition) is 5. The van der Waals surface area contributed by atoms with E-state index in [1.165, 1.54) is 12.3 Å². The van der Waals surface area contributed by atoms with Gasteiger partial charge in [0.15, 0.2) is 6.10 Å². The Labute approximate surface area is 187 Å². The smallest absolute Gasteiger partial charge is 0.425 e. The van der Waals surface area contributed by atoms with Gasteiger partial charge >= 0.3 is 6.18 Å². The maximum Gasteiger partial charge on any atom is 0.425 e. The van der Waals surface area contributed by atoms with Crippen molar-refractivity contribution < 1.29 is 32.5 Å². The standard InChI is InChI=1S/C23H33F3N2O4/c1-4-18(5-2)31-15-22(30)10-8-21(9-11-22)12-13-28(20(21)29)17-6-7-19(27-14-17)32-16(3)23(24,25)26/h6-7,14,16,18,30H,4-5,8-13,15H2,1-3H3/t16-,21-,22+/m0/s1. The first-order valence-corrected chi connectivity index (χ1v) is 11.4. The third kappa shape index (κ3) is 5.36. The maximum atomic E-state index is 13.3. The zero-order valence-electron chi connectivity index (χ0n) is 19.0. The van der Waals surface area contributed by atoms with E-state index < -0.39 is 23.3 Å². The lowest BCUT2D eigenvalue weighted by molar-refractivity contribution is -0.189. The first kappa shape index (κ1) is 24.8. The SMILES string of the molecule is CCC(CC)OC[C@]1(O)CC[C@]2(CCN(c3ccc(O[C@@H](C)C(F)(F)F)nc3)C2=O)CC1. The van der Waals surface area contributed by atoms with Crippen LogP contribution >= 0.6 is 0 Å². The molecule has 1 spiro atoms. The number of anilines is 1. The van der Waals surface area contributed by atoms with Crippen molar-refractivity contribution in [3.63, 3.8) is 0 Å². The first-order valence-electron chi connectivity index (χ1n) is 11.4. The highest BCUT2D eigenvalue weighted by molar-refractivity contribution is 5.99. The van der Waals surface area contributed by atoms with Crippen LogP contribution in [-0.4, -0.2) is 53.1 Å². The van der Waals surface area contributed by atoms with Gasteiger partial charge in [-0.15, -0.1) is 0 Å². The summed E-state index contributed by atoms with van der Waals surface area (Å²) in [6.07, 6.45) is -0.264. The number of halogens is 3. The number of amides is 1. The molecule has 2 fully saturated rings. The molecule has 1 aromatic heterocycles. The summed E-state index contributed by atoms with van der Waals surface area (Å²) in [7, 11) is 0. The van der Waals surface area contributed by atoms with Crippen LogP contribution in [-0.2, 0) is 9.53 Å². The van der Waals surface area contributed by atoms with Gasteiger partial charge in [-0.1, -0.05) is 13.8 Å². The molecule has 1 amide bonds. The Bertz CT molecular complexity index is 772. The predicted octanol–water partition coefficient (Wildman–Crippen LogP) is 4.64. The lowest BCUT2D eigenvalue weighted by Crippen LogP contribution is -2.46. The molecule has 1 aliphatic carbocycles. The zero-order valence-corrected chi connectivity index (χ0v) is 19.0. The molecule has 3 rings (SSSR count). The van der Waals surface area contributed by atoms with Crippen molar-refractivity contribution in [2.75, 3.05) is 18.1 Å². The largest absolute Gasteiger partial charge is 0.465 e. The van der Waals surface area contributed by atoms with Crippen LogP contribution in [0.5, 0.6) is 5.88 Å². The molecule has 32 heavy (non-hydrogen) atoms. The van der Waals surface area contributed by atoms with E-state index in [-0.39, 0.29) is 24.5 Å². The number of carbonyl (C=O) groups is 1. The van der Waals surface area contributed by atoms with Gasteiger partial charge in [0, 0.05) is 12.6 Å². The number of alkyl halides is 3. The molecule has 1 saturated carbocycles. The monoisotopic (exact) mass is 458 g/mol. The summed E-state index contributed by atoms with van der Waals surface area (Å²) in [6.45, 7) is 5.84. The Hall–Kier alpha value is -1.87. The van der Waals surface area contributed by atoms with Crippen LogP contribution in [0, 0.1) is 5.41 Å². The number of hydrogen-bond donors (Lipinski definition) is 1. The molecule has 0 unspecified atom stereocenters. The second-order valence-corrected chi connectivity index (χ2v) is 9.12. The second kappa shape index (κ2) is 9.55. The molecule has 9 heteroatoms. The molecule has 180 valence electrons. The van der Waals surface area contributed by atoms with E-state index in [1.54, 1.807) is 11.0 Å². The van der Waals surface area contributed by atoms with E-state index in [1.807, 2.05) is 0 Å². The van der Waals surface area contributed by atoms with Gasteiger partial charge in [0.2, 0.25) is 11.8 Å². The first-order chi connectivity index (χ1) is 15.0. The summed E-state index contributed by atoms with van der Waals surface area (Å²) >= 11 is 0. The average Bonchev–Trinajstić information content (AvgIpc) is 3.07. The number of aliphatic hydroxyl groups is 1. The molecule has 0 radical (unpaired) electrons. The summed E-state index contributed by atoms with van der Waals surface area (Å²) in [6, 6.07) is 2.91. The van der Waals surface area contributed by atoms with Crippen LogP contribution in [0.3, 0.4) is 0 Å². The third-order valence-corrected chi connectivity index (χ3v) is 6.94. The van der Waals surface area contributed by atoms with Crippen LogP contribution in [0.1, 0.15) is 65.7 Å². The molecular weight excluding hydrogens is 425 g/mol. The van der Waals surface area contributed by atoms with Gasteiger partial charge < -0.3 is 19.5 Å². The lowest BCUT2D eigenvalue weighted by atomic mass is 9.68. The fourth-order valence-corrected chi connectivity index (χ4v) is 4.52. The van der Waals surface area contributed by atoms with Crippen molar-refractivity contribution in [2.24, 2.45) is 5.41 Å². The molecule has 1 saturated heterocycles. The Kier molecular flexibility index (Phi) is 7.39. The number of aromatic nitrogens is 1. The zero-order chi connectivity index (χ0) is 23.6. The van der Waals surface area contributed by atoms with Crippen molar-refractivity contribution in [3.8, 4) is 5.88 Å². The van der Waals surface area contributed by atoms with Gasteiger partial charge in [0.25, 0.3) is 0 Å². The molecule has 0 bridgehead atoms. The molecule has 1 aromatic rings. The molecule has 6 nitrogen and oxygen atoms in total. The van der Waals surface area contributed by atoms with E-state index in [2.05, 4.69) is 18.8 Å². The number of ether oxygens (including phenoxy) is 2.